The Kier molecular flexibility index (Phi) is 6.16. The summed E-state index contributed by atoms with van der Waals surface area (Å²) in [6.45, 7) is 9.59. The largest absolute Gasteiger partial charge is 0.353 e. The summed E-state index contributed by atoms with van der Waals surface area (Å²) >= 11 is 1.32. The minimum absolute atomic E-state index is 0.0281. The molecule has 0 aliphatic rings. The number of nitrogens with zero attached hydrogens (tertiary/aromatic N) is 4. The van der Waals surface area contributed by atoms with Crippen LogP contribution in [0.5, 0.6) is 0 Å². The third-order valence-corrected chi connectivity index (χ3v) is 6.65. The van der Waals surface area contributed by atoms with Crippen LogP contribution >= 0.6 is 11.3 Å². The monoisotopic (exact) mass is 467 g/mol. The van der Waals surface area contributed by atoms with Crippen molar-refractivity contribution in [3.63, 3.8) is 0 Å². The molecule has 1 aromatic carbocycles. The van der Waals surface area contributed by atoms with Crippen molar-refractivity contribution in [3.8, 4) is 16.9 Å². The number of halogens is 1. The molecule has 4 aromatic rings. The van der Waals surface area contributed by atoms with Gasteiger partial charge in [0.15, 0.2) is 4.96 Å². The van der Waals surface area contributed by atoms with Gasteiger partial charge in [-0.3, -0.25) is 14.0 Å². The highest BCUT2D eigenvalue weighted by Gasteiger charge is 2.21. The Morgan fingerprint density at radius 2 is 1.94 bits per heavy atom. The van der Waals surface area contributed by atoms with E-state index in [1.54, 1.807) is 43.5 Å². The third-order valence-electron chi connectivity index (χ3n) is 5.78. The summed E-state index contributed by atoms with van der Waals surface area (Å²) in [6, 6.07) is 8.12. The number of aromatic nitrogens is 4. The lowest BCUT2D eigenvalue weighted by Crippen LogP contribution is -2.37. The van der Waals surface area contributed by atoms with Crippen LogP contribution in [-0.4, -0.2) is 31.1 Å². The van der Waals surface area contributed by atoms with Gasteiger partial charge in [-0.2, -0.15) is 5.10 Å². The number of carbonyl (C=O) groups excluding carboxylic acids is 1. The van der Waals surface area contributed by atoms with Crippen LogP contribution in [0, 0.1) is 25.6 Å². The molecule has 0 unspecified atom stereocenters. The molecule has 1 atom stereocenters. The molecule has 0 bridgehead atoms. The molecule has 0 fully saturated rings. The van der Waals surface area contributed by atoms with Gasteiger partial charge in [-0.1, -0.05) is 26.0 Å². The maximum Gasteiger partial charge on any atom is 0.268 e. The highest BCUT2D eigenvalue weighted by atomic mass is 32.1. The molecule has 0 saturated carbocycles. The van der Waals surface area contributed by atoms with Gasteiger partial charge in [-0.25, -0.2) is 14.1 Å². The van der Waals surface area contributed by atoms with Crippen molar-refractivity contribution >= 4 is 22.2 Å². The van der Waals surface area contributed by atoms with Gasteiger partial charge in [0, 0.05) is 22.8 Å². The van der Waals surface area contributed by atoms with E-state index in [2.05, 4.69) is 15.4 Å². The van der Waals surface area contributed by atoms with Crippen LogP contribution in [0.3, 0.4) is 0 Å². The number of thiazole rings is 1. The number of para-hydroxylation sites is 1. The number of benzene rings is 1. The molecule has 172 valence electrons. The fraction of sp³-hybridized carbons (Fsp3) is 0.333. The molecule has 7 nitrogen and oxygen atoms in total. The Labute approximate surface area is 194 Å². The smallest absolute Gasteiger partial charge is 0.268 e. The lowest BCUT2D eigenvalue weighted by atomic mass is 10.1. The maximum atomic E-state index is 14.3. The van der Waals surface area contributed by atoms with Gasteiger partial charge in [-0.05, 0) is 44.9 Å². The van der Waals surface area contributed by atoms with Crippen LogP contribution in [0.1, 0.15) is 37.9 Å². The van der Waals surface area contributed by atoms with Gasteiger partial charge in [-0.15, -0.1) is 11.3 Å². The lowest BCUT2D eigenvalue weighted by molar-refractivity contribution is -0.121. The first-order valence-corrected chi connectivity index (χ1v) is 11.7. The van der Waals surface area contributed by atoms with Crippen LogP contribution in [0.25, 0.3) is 21.9 Å². The summed E-state index contributed by atoms with van der Waals surface area (Å²) in [4.78, 5) is 31.2. The second-order valence-electron chi connectivity index (χ2n) is 8.53. The van der Waals surface area contributed by atoms with Crippen molar-refractivity contribution in [2.24, 2.45) is 5.92 Å². The van der Waals surface area contributed by atoms with E-state index in [-0.39, 0.29) is 23.9 Å². The molecular formula is C24H26FN5O2S. The molecule has 0 spiro atoms. The second kappa shape index (κ2) is 8.90. The molecule has 4 rings (SSSR count). The van der Waals surface area contributed by atoms with Gasteiger partial charge in [0.1, 0.15) is 17.2 Å². The first-order valence-electron chi connectivity index (χ1n) is 10.8. The molecule has 1 N–H and O–H groups in total. The average Bonchev–Trinajstić information content (AvgIpc) is 3.31. The van der Waals surface area contributed by atoms with Crippen LogP contribution in [0.15, 0.2) is 40.5 Å². The standard InChI is InChI=1S/C24H26FN5O2S/c1-13(2)15(4)26-21(31)11-17-12-33-24-27-16(5)22(23(32)29(17)24)19-10-14(3)30(28-19)20-9-7-6-8-18(20)25/h6-10,12-13,15H,11H2,1-5H3,(H,26,31)/t15-/m1/s1. The Hall–Kier alpha value is -3.33. The number of fused-ring (bicyclic) bond motifs is 1. The molecule has 9 heteroatoms. The fourth-order valence-corrected chi connectivity index (χ4v) is 4.55. The minimum Gasteiger partial charge on any atom is -0.353 e. The van der Waals surface area contributed by atoms with E-state index in [0.717, 1.165) is 0 Å². The van der Waals surface area contributed by atoms with Gasteiger partial charge < -0.3 is 5.32 Å². The van der Waals surface area contributed by atoms with E-state index in [4.69, 9.17) is 0 Å². The summed E-state index contributed by atoms with van der Waals surface area (Å²) < 4.78 is 17.3. The first-order chi connectivity index (χ1) is 15.7. The Morgan fingerprint density at radius 3 is 2.64 bits per heavy atom. The van der Waals surface area contributed by atoms with Crippen LogP contribution in [-0.2, 0) is 11.2 Å². The maximum absolute atomic E-state index is 14.3. The molecule has 3 aromatic heterocycles. The lowest BCUT2D eigenvalue weighted by Gasteiger charge is -2.17. The van der Waals surface area contributed by atoms with Crippen molar-refractivity contribution in [2.75, 3.05) is 0 Å². The van der Waals surface area contributed by atoms with Gasteiger partial charge >= 0.3 is 0 Å². The number of nitrogens with one attached hydrogen (secondary N) is 1. The normalized spacial score (nSPS) is 12.5. The van der Waals surface area contributed by atoms with Gasteiger partial charge in [0.05, 0.1) is 17.7 Å². The van der Waals surface area contributed by atoms with Crippen molar-refractivity contribution in [3.05, 3.63) is 69.0 Å². The summed E-state index contributed by atoms with van der Waals surface area (Å²) in [7, 11) is 0. The molecule has 0 saturated heterocycles. The van der Waals surface area contributed by atoms with Crippen LogP contribution in [0.2, 0.25) is 0 Å². The third kappa shape index (κ3) is 4.32. The topological polar surface area (TPSA) is 81.3 Å². The molecule has 0 aliphatic heterocycles. The van der Waals surface area contributed by atoms with E-state index in [0.29, 0.717) is 44.9 Å². The molecule has 0 radical (unpaired) electrons. The number of carbonyl (C=O) groups is 1. The van der Waals surface area contributed by atoms with Crippen molar-refractivity contribution in [1.29, 1.82) is 0 Å². The van der Waals surface area contributed by atoms with Crippen LogP contribution < -0.4 is 10.9 Å². The van der Waals surface area contributed by atoms with Gasteiger partial charge in [0.25, 0.3) is 5.56 Å². The van der Waals surface area contributed by atoms with Gasteiger partial charge in [0.2, 0.25) is 5.91 Å². The predicted octanol–water partition coefficient (Wildman–Crippen LogP) is 4.07. The summed E-state index contributed by atoms with van der Waals surface area (Å²) in [6.07, 6.45) is 0.0733. The number of aryl methyl sites for hydroxylation is 2. The first kappa shape index (κ1) is 22.8. The van der Waals surface area contributed by atoms with Crippen molar-refractivity contribution in [1.82, 2.24) is 24.5 Å². The van der Waals surface area contributed by atoms with Crippen molar-refractivity contribution < 1.29 is 9.18 Å². The number of rotatable bonds is 6. The summed E-state index contributed by atoms with van der Waals surface area (Å²) in [5, 5.41) is 9.28. The fourth-order valence-electron chi connectivity index (χ4n) is 3.62. The van der Waals surface area contributed by atoms with E-state index in [1.165, 1.54) is 26.5 Å². The van der Waals surface area contributed by atoms with E-state index in [1.807, 2.05) is 20.8 Å². The van der Waals surface area contributed by atoms with E-state index >= 15 is 0 Å². The van der Waals surface area contributed by atoms with Crippen molar-refractivity contribution in [2.45, 2.75) is 47.1 Å². The van der Waals surface area contributed by atoms with E-state index < -0.39 is 5.82 Å². The zero-order valence-corrected chi connectivity index (χ0v) is 20.0. The molecule has 0 aliphatic carbocycles. The average molecular weight is 468 g/mol. The highest BCUT2D eigenvalue weighted by Crippen LogP contribution is 2.24. The molecular weight excluding hydrogens is 441 g/mol. The Bertz CT molecular complexity index is 1400. The quantitative estimate of drug-likeness (QED) is 0.464. The minimum atomic E-state index is -0.404. The highest BCUT2D eigenvalue weighted by molar-refractivity contribution is 7.15. The number of hydrogen-bond donors (Lipinski definition) is 1. The Morgan fingerprint density at radius 1 is 1.21 bits per heavy atom. The number of amides is 1. The predicted molar refractivity (Wildman–Crippen MR) is 127 cm³/mol. The zero-order valence-electron chi connectivity index (χ0n) is 19.2. The van der Waals surface area contributed by atoms with Crippen LogP contribution in [0.4, 0.5) is 4.39 Å². The van der Waals surface area contributed by atoms with E-state index in [9.17, 15) is 14.0 Å². The number of hydrogen-bond acceptors (Lipinski definition) is 5. The second-order valence-corrected chi connectivity index (χ2v) is 9.37. The zero-order chi connectivity index (χ0) is 23.9. The summed E-state index contributed by atoms with van der Waals surface area (Å²) in [5.74, 6) is -0.247. The molecule has 1 amide bonds. The Balaban J connectivity index is 1.77. The SMILES string of the molecule is Cc1nc2scc(CC(=O)N[C@H](C)C(C)C)n2c(=O)c1-c1cc(C)n(-c2ccccc2F)n1. The molecule has 33 heavy (non-hydrogen) atoms. The molecule has 3 heterocycles. The summed E-state index contributed by atoms with van der Waals surface area (Å²) in [5.41, 5.74) is 2.55.